The van der Waals surface area contributed by atoms with Crippen LogP contribution in [0.25, 0.3) is 0 Å². The van der Waals surface area contributed by atoms with Crippen molar-refractivity contribution in [2.24, 2.45) is 12.8 Å². The van der Waals surface area contributed by atoms with Gasteiger partial charge in [-0.05, 0) is 32.7 Å². The number of hydrogen-bond donors (Lipinski definition) is 1. The van der Waals surface area contributed by atoms with Gasteiger partial charge in [-0.3, -0.25) is 9.48 Å². The van der Waals surface area contributed by atoms with Gasteiger partial charge in [-0.2, -0.15) is 5.10 Å². The largest absolute Gasteiger partial charge is 0.378 e. The minimum Gasteiger partial charge on any atom is -0.378 e. The molecule has 1 aliphatic rings. The molecule has 1 saturated heterocycles. The number of rotatable bonds is 5. The van der Waals surface area contributed by atoms with E-state index in [9.17, 15) is 4.79 Å². The first-order chi connectivity index (χ1) is 9.61. The minimum absolute atomic E-state index is 0.0796. The predicted molar refractivity (Wildman–Crippen MR) is 76.5 cm³/mol. The summed E-state index contributed by atoms with van der Waals surface area (Å²) < 4.78 is 7.44. The SMILES string of the molecule is Cc1nn(C)cc1C(=O)N1CCC(OCCCN)CC1. The molecule has 1 aliphatic heterocycles. The van der Waals surface area contributed by atoms with Crippen LogP contribution in [0.3, 0.4) is 0 Å². The number of ether oxygens (including phenoxy) is 1. The van der Waals surface area contributed by atoms with Gasteiger partial charge in [-0.1, -0.05) is 0 Å². The second kappa shape index (κ2) is 6.85. The zero-order valence-corrected chi connectivity index (χ0v) is 12.3. The van der Waals surface area contributed by atoms with Crippen molar-refractivity contribution in [3.05, 3.63) is 17.5 Å². The summed E-state index contributed by atoms with van der Waals surface area (Å²) in [6, 6.07) is 0. The van der Waals surface area contributed by atoms with E-state index in [4.69, 9.17) is 10.5 Å². The predicted octanol–water partition coefficient (Wildman–Crippen LogP) is 0.699. The van der Waals surface area contributed by atoms with E-state index >= 15 is 0 Å². The highest BCUT2D eigenvalue weighted by atomic mass is 16.5. The van der Waals surface area contributed by atoms with Crippen molar-refractivity contribution < 1.29 is 9.53 Å². The molecule has 2 rings (SSSR count). The number of aryl methyl sites for hydroxylation is 2. The van der Waals surface area contributed by atoms with Gasteiger partial charge in [0.2, 0.25) is 0 Å². The molecule has 1 aromatic rings. The monoisotopic (exact) mass is 280 g/mol. The quantitative estimate of drug-likeness (QED) is 0.806. The molecule has 1 amide bonds. The van der Waals surface area contributed by atoms with Crippen LogP contribution in [-0.2, 0) is 11.8 Å². The first kappa shape index (κ1) is 15.0. The number of hydrogen-bond acceptors (Lipinski definition) is 4. The van der Waals surface area contributed by atoms with E-state index in [0.717, 1.165) is 44.7 Å². The smallest absolute Gasteiger partial charge is 0.257 e. The maximum Gasteiger partial charge on any atom is 0.257 e. The van der Waals surface area contributed by atoms with Gasteiger partial charge >= 0.3 is 0 Å². The average Bonchev–Trinajstić information content (AvgIpc) is 2.78. The van der Waals surface area contributed by atoms with E-state index in [0.29, 0.717) is 12.1 Å². The molecule has 0 aromatic carbocycles. The van der Waals surface area contributed by atoms with Crippen LogP contribution in [0.4, 0.5) is 0 Å². The first-order valence-corrected chi connectivity index (χ1v) is 7.23. The Morgan fingerprint density at radius 2 is 2.20 bits per heavy atom. The van der Waals surface area contributed by atoms with E-state index in [1.165, 1.54) is 0 Å². The fraction of sp³-hybridized carbons (Fsp3) is 0.714. The number of carbonyl (C=O) groups excluding carboxylic acids is 1. The topological polar surface area (TPSA) is 73.4 Å². The van der Waals surface area contributed by atoms with Crippen LogP contribution in [-0.4, -0.2) is 52.9 Å². The van der Waals surface area contributed by atoms with Crippen molar-refractivity contribution in [3.63, 3.8) is 0 Å². The number of amides is 1. The Kier molecular flexibility index (Phi) is 5.14. The van der Waals surface area contributed by atoms with Gasteiger partial charge in [-0.25, -0.2) is 0 Å². The molecule has 1 fully saturated rings. The van der Waals surface area contributed by atoms with Gasteiger partial charge in [0.05, 0.1) is 17.4 Å². The lowest BCUT2D eigenvalue weighted by Gasteiger charge is -2.31. The summed E-state index contributed by atoms with van der Waals surface area (Å²) >= 11 is 0. The number of nitrogens with two attached hydrogens (primary N) is 1. The standard InChI is InChI=1S/C14H24N4O2/c1-11-13(10-17(2)16-11)14(19)18-7-4-12(5-8-18)20-9-3-6-15/h10,12H,3-9,15H2,1-2H3. The third kappa shape index (κ3) is 3.58. The molecule has 112 valence electrons. The van der Waals surface area contributed by atoms with Gasteiger partial charge < -0.3 is 15.4 Å². The van der Waals surface area contributed by atoms with Gasteiger partial charge in [-0.15, -0.1) is 0 Å². The molecular formula is C14H24N4O2. The van der Waals surface area contributed by atoms with Crippen LogP contribution >= 0.6 is 0 Å². The highest BCUT2D eigenvalue weighted by Crippen LogP contribution is 2.17. The molecule has 0 radical (unpaired) electrons. The van der Waals surface area contributed by atoms with Gasteiger partial charge in [0.15, 0.2) is 0 Å². The molecule has 2 heterocycles. The van der Waals surface area contributed by atoms with Gasteiger partial charge in [0, 0.05) is 32.9 Å². The van der Waals surface area contributed by atoms with Crippen LogP contribution in [0.1, 0.15) is 35.3 Å². The summed E-state index contributed by atoms with van der Waals surface area (Å²) in [7, 11) is 1.83. The molecule has 2 N–H and O–H groups in total. The van der Waals surface area contributed by atoms with Crippen LogP contribution in [0.5, 0.6) is 0 Å². The fourth-order valence-corrected chi connectivity index (χ4v) is 2.54. The third-order valence-corrected chi connectivity index (χ3v) is 3.68. The number of likely N-dealkylation sites (tertiary alicyclic amines) is 1. The summed E-state index contributed by atoms with van der Waals surface area (Å²) in [5.41, 5.74) is 6.94. The highest BCUT2D eigenvalue weighted by molar-refractivity contribution is 5.95. The first-order valence-electron chi connectivity index (χ1n) is 7.23. The number of aromatic nitrogens is 2. The summed E-state index contributed by atoms with van der Waals surface area (Å²) in [5, 5.41) is 4.22. The maximum absolute atomic E-state index is 12.4. The minimum atomic E-state index is 0.0796. The Morgan fingerprint density at radius 3 is 2.75 bits per heavy atom. The Morgan fingerprint density at radius 1 is 1.50 bits per heavy atom. The lowest BCUT2D eigenvalue weighted by Crippen LogP contribution is -2.41. The Balaban J connectivity index is 1.84. The summed E-state index contributed by atoms with van der Waals surface area (Å²) in [5.74, 6) is 0.0796. The maximum atomic E-state index is 12.4. The van der Waals surface area contributed by atoms with E-state index in [1.807, 2.05) is 18.9 Å². The third-order valence-electron chi connectivity index (χ3n) is 3.68. The van der Waals surface area contributed by atoms with Crippen molar-refractivity contribution in [1.29, 1.82) is 0 Å². The second-order valence-corrected chi connectivity index (χ2v) is 5.31. The molecule has 0 atom stereocenters. The molecule has 0 unspecified atom stereocenters. The zero-order valence-electron chi connectivity index (χ0n) is 12.3. The Labute approximate surface area is 119 Å². The molecule has 0 spiro atoms. The van der Waals surface area contributed by atoms with Gasteiger partial charge in [0.25, 0.3) is 5.91 Å². The molecular weight excluding hydrogens is 256 g/mol. The highest BCUT2D eigenvalue weighted by Gasteiger charge is 2.25. The van der Waals surface area contributed by atoms with Crippen molar-refractivity contribution in [3.8, 4) is 0 Å². The van der Waals surface area contributed by atoms with E-state index in [-0.39, 0.29) is 12.0 Å². The second-order valence-electron chi connectivity index (χ2n) is 5.31. The molecule has 6 nitrogen and oxygen atoms in total. The average molecular weight is 280 g/mol. The molecule has 0 saturated carbocycles. The van der Waals surface area contributed by atoms with Crippen LogP contribution in [0.15, 0.2) is 6.20 Å². The van der Waals surface area contributed by atoms with E-state index in [2.05, 4.69) is 5.10 Å². The lowest BCUT2D eigenvalue weighted by molar-refractivity contribution is 0.00843. The van der Waals surface area contributed by atoms with E-state index < -0.39 is 0 Å². The van der Waals surface area contributed by atoms with Crippen molar-refractivity contribution in [2.75, 3.05) is 26.2 Å². The normalized spacial score (nSPS) is 16.6. The van der Waals surface area contributed by atoms with Crippen molar-refractivity contribution >= 4 is 5.91 Å². The summed E-state index contributed by atoms with van der Waals surface area (Å²) in [4.78, 5) is 14.3. The Bertz CT molecular complexity index is 450. The lowest BCUT2D eigenvalue weighted by atomic mass is 10.1. The molecule has 0 bridgehead atoms. The zero-order chi connectivity index (χ0) is 14.5. The fourth-order valence-electron chi connectivity index (χ4n) is 2.54. The van der Waals surface area contributed by atoms with Gasteiger partial charge in [0.1, 0.15) is 0 Å². The Hall–Kier alpha value is -1.40. The van der Waals surface area contributed by atoms with Crippen LogP contribution in [0, 0.1) is 6.92 Å². The molecule has 0 aliphatic carbocycles. The molecule has 20 heavy (non-hydrogen) atoms. The number of carbonyl (C=O) groups is 1. The van der Waals surface area contributed by atoms with E-state index in [1.54, 1.807) is 10.9 Å². The van der Waals surface area contributed by atoms with Crippen molar-refractivity contribution in [2.45, 2.75) is 32.3 Å². The molecule has 1 aromatic heterocycles. The van der Waals surface area contributed by atoms with Crippen LogP contribution < -0.4 is 5.73 Å². The molecule has 6 heteroatoms. The number of piperidine rings is 1. The summed E-state index contributed by atoms with van der Waals surface area (Å²) in [6.45, 7) is 4.76. The number of nitrogens with zero attached hydrogens (tertiary/aromatic N) is 3. The van der Waals surface area contributed by atoms with Crippen molar-refractivity contribution in [1.82, 2.24) is 14.7 Å². The summed E-state index contributed by atoms with van der Waals surface area (Å²) in [6.07, 6.45) is 4.75. The van der Waals surface area contributed by atoms with Crippen LogP contribution in [0.2, 0.25) is 0 Å².